The highest BCUT2D eigenvalue weighted by Crippen LogP contribution is 2.19. The molecule has 0 aromatic carbocycles. The first-order chi connectivity index (χ1) is 8.01. The van der Waals surface area contributed by atoms with Gasteiger partial charge in [-0.15, -0.1) is 0 Å². The summed E-state index contributed by atoms with van der Waals surface area (Å²) < 4.78 is 32.1. The SMILES string of the molecule is CCC(CN)S(=O)(=O)NC(C)C1CCOCC1. The predicted octanol–water partition coefficient (Wildman–Crippen LogP) is 0.458. The van der Waals surface area contributed by atoms with Crippen molar-refractivity contribution in [2.24, 2.45) is 11.7 Å². The van der Waals surface area contributed by atoms with Crippen LogP contribution in [-0.4, -0.2) is 39.5 Å². The molecule has 3 N–H and O–H groups in total. The van der Waals surface area contributed by atoms with E-state index < -0.39 is 15.3 Å². The van der Waals surface area contributed by atoms with E-state index in [1.807, 2.05) is 13.8 Å². The van der Waals surface area contributed by atoms with E-state index in [2.05, 4.69) is 4.72 Å². The minimum atomic E-state index is -3.29. The fourth-order valence-corrected chi connectivity index (χ4v) is 3.78. The smallest absolute Gasteiger partial charge is 0.215 e. The van der Waals surface area contributed by atoms with Crippen LogP contribution >= 0.6 is 0 Å². The molecule has 1 rings (SSSR count). The van der Waals surface area contributed by atoms with Gasteiger partial charge in [0.05, 0.1) is 5.25 Å². The zero-order chi connectivity index (χ0) is 12.9. The maximum absolute atomic E-state index is 12.0. The van der Waals surface area contributed by atoms with Crippen molar-refractivity contribution in [1.82, 2.24) is 4.72 Å². The van der Waals surface area contributed by atoms with Gasteiger partial charge in [0.15, 0.2) is 0 Å². The average molecular weight is 264 g/mol. The minimum Gasteiger partial charge on any atom is -0.381 e. The molecule has 0 aromatic rings. The first-order valence-corrected chi connectivity index (χ1v) is 7.84. The number of hydrogen-bond donors (Lipinski definition) is 2. The van der Waals surface area contributed by atoms with Gasteiger partial charge in [-0.2, -0.15) is 0 Å². The molecule has 0 radical (unpaired) electrons. The third-order valence-electron chi connectivity index (χ3n) is 3.48. The Labute approximate surface area is 104 Å². The third-order valence-corrected chi connectivity index (χ3v) is 5.58. The van der Waals surface area contributed by atoms with Gasteiger partial charge < -0.3 is 10.5 Å². The first kappa shape index (κ1) is 14.9. The van der Waals surface area contributed by atoms with Crippen LogP contribution in [0.15, 0.2) is 0 Å². The number of ether oxygens (including phenoxy) is 1. The quantitative estimate of drug-likeness (QED) is 0.730. The lowest BCUT2D eigenvalue weighted by Crippen LogP contribution is -2.46. The highest BCUT2D eigenvalue weighted by molar-refractivity contribution is 7.90. The Bertz CT molecular complexity index is 309. The molecule has 1 aliphatic heterocycles. The van der Waals surface area contributed by atoms with Crippen molar-refractivity contribution in [2.45, 2.75) is 44.4 Å². The lowest BCUT2D eigenvalue weighted by molar-refractivity contribution is 0.0585. The van der Waals surface area contributed by atoms with Gasteiger partial charge >= 0.3 is 0 Å². The molecule has 2 unspecified atom stereocenters. The maximum Gasteiger partial charge on any atom is 0.215 e. The van der Waals surface area contributed by atoms with Crippen molar-refractivity contribution in [3.8, 4) is 0 Å². The second kappa shape index (κ2) is 6.68. The van der Waals surface area contributed by atoms with Crippen molar-refractivity contribution in [1.29, 1.82) is 0 Å². The van der Waals surface area contributed by atoms with Gasteiger partial charge in [-0.1, -0.05) is 6.92 Å². The normalized spacial score (nSPS) is 22.3. The molecule has 6 heteroatoms. The molecule has 102 valence electrons. The second-order valence-corrected chi connectivity index (χ2v) is 6.66. The molecule has 0 spiro atoms. The molecule has 1 fully saturated rings. The van der Waals surface area contributed by atoms with E-state index in [0.717, 1.165) is 26.1 Å². The first-order valence-electron chi connectivity index (χ1n) is 6.30. The van der Waals surface area contributed by atoms with Crippen LogP contribution in [0.1, 0.15) is 33.1 Å². The number of hydrogen-bond acceptors (Lipinski definition) is 4. The van der Waals surface area contributed by atoms with E-state index in [4.69, 9.17) is 10.5 Å². The number of nitrogens with one attached hydrogen (secondary N) is 1. The highest BCUT2D eigenvalue weighted by atomic mass is 32.2. The van der Waals surface area contributed by atoms with Crippen LogP contribution < -0.4 is 10.5 Å². The topological polar surface area (TPSA) is 81.4 Å². The number of rotatable bonds is 6. The van der Waals surface area contributed by atoms with E-state index in [1.165, 1.54) is 0 Å². The molecular formula is C11H24N2O3S. The van der Waals surface area contributed by atoms with Crippen LogP contribution in [0.3, 0.4) is 0 Å². The van der Waals surface area contributed by atoms with Gasteiger partial charge in [-0.25, -0.2) is 13.1 Å². The Kier molecular flexibility index (Phi) is 5.85. The summed E-state index contributed by atoms with van der Waals surface area (Å²) >= 11 is 0. The number of nitrogens with two attached hydrogens (primary N) is 1. The molecule has 0 aliphatic carbocycles. The van der Waals surface area contributed by atoms with Crippen LogP contribution in [-0.2, 0) is 14.8 Å². The summed E-state index contributed by atoms with van der Waals surface area (Å²) in [6.45, 7) is 5.40. The van der Waals surface area contributed by atoms with Gasteiger partial charge in [-0.05, 0) is 32.1 Å². The molecule has 2 atom stereocenters. The average Bonchev–Trinajstić information content (AvgIpc) is 2.30. The monoisotopic (exact) mass is 264 g/mol. The Balaban J connectivity index is 2.56. The Hall–Kier alpha value is -0.170. The molecule has 0 bridgehead atoms. The largest absolute Gasteiger partial charge is 0.381 e. The zero-order valence-electron chi connectivity index (χ0n) is 10.7. The van der Waals surface area contributed by atoms with E-state index in [9.17, 15) is 8.42 Å². The Morgan fingerprint density at radius 1 is 1.41 bits per heavy atom. The lowest BCUT2D eigenvalue weighted by Gasteiger charge is -2.29. The fraction of sp³-hybridized carbons (Fsp3) is 1.00. The fourth-order valence-electron chi connectivity index (χ4n) is 2.18. The molecule has 1 aliphatic rings. The van der Waals surface area contributed by atoms with Crippen LogP contribution in [0, 0.1) is 5.92 Å². The molecule has 0 saturated carbocycles. The molecule has 17 heavy (non-hydrogen) atoms. The summed E-state index contributed by atoms with van der Waals surface area (Å²) in [5, 5.41) is -0.482. The van der Waals surface area contributed by atoms with Gasteiger partial charge in [0.2, 0.25) is 10.0 Å². The van der Waals surface area contributed by atoms with Gasteiger partial charge in [-0.3, -0.25) is 0 Å². The Morgan fingerprint density at radius 2 is 2.00 bits per heavy atom. The standard InChI is InChI=1S/C11H24N2O3S/c1-3-11(8-12)17(14,15)13-9(2)10-4-6-16-7-5-10/h9-11,13H,3-8,12H2,1-2H3. The minimum absolute atomic E-state index is 0.0375. The molecular weight excluding hydrogens is 240 g/mol. The number of sulfonamides is 1. The maximum atomic E-state index is 12.0. The van der Waals surface area contributed by atoms with Crippen molar-refractivity contribution in [3.05, 3.63) is 0 Å². The zero-order valence-corrected chi connectivity index (χ0v) is 11.5. The molecule has 1 heterocycles. The molecule has 5 nitrogen and oxygen atoms in total. The van der Waals surface area contributed by atoms with E-state index >= 15 is 0 Å². The van der Waals surface area contributed by atoms with Crippen LogP contribution in [0.25, 0.3) is 0 Å². The third kappa shape index (κ3) is 4.21. The van der Waals surface area contributed by atoms with E-state index in [0.29, 0.717) is 12.3 Å². The van der Waals surface area contributed by atoms with E-state index in [1.54, 1.807) is 0 Å². The lowest BCUT2D eigenvalue weighted by atomic mass is 9.94. The summed E-state index contributed by atoms with van der Waals surface area (Å²) in [4.78, 5) is 0. The van der Waals surface area contributed by atoms with Gasteiger partial charge in [0.25, 0.3) is 0 Å². The summed E-state index contributed by atoms with van der Waals surface area (Å²) in [5.41, 5.74) is 5.48. The summed E-state index contributed by atoms with van der Waals surface area (Å²) in [6.07, 6.45) is 2.39. The van der Waals surface area contributed by atoms with Gasteiger partial charge in [0, 0.05) is 25.8 Å². The predicted molar refractivity (Wildman–Crippen MR) is 68.2 cm³/mol. The van der Waals surface area contributed by atoms with Crippen molar-refractivity contribution in [3.63, 3.8) is 0 Å². The van der Waals surface area contributed by atoms with Crippen molar-refractivity contribution < 1.29 is 13.2 Å². The Morgan fingerprint density at radius 3 is 2.47 bits per heavy atom. The van der Waals surface area contributed by atoms with Crippen LogP contribution in [0.4, 0.5) is 0 Å². The van der Waals surface area contributed by atoms with E-state index in [-0.39, 0.29) is 12.6 Å². The van der Waals surface area contributed by atoms with Gasteiger partial charge in [0.1, 0.15) is 0 Å². The summed E-state index contributed by atoms with van der Waals surface area (Å²) in [5.74, 6) is 0.369. The van der Waals surface area contributed by atoms with Crippen LogP contribution in [0.2, 0.25) is 0 Å². The van der Waals surface area contributed by atoms with Crippen molar-refractivity contribution in [2.75, 3.05) is 19.8 Å². The van der Waals surface area contributed by atoms with Crippen molar-refractivity contribution >= 4 is 10.0 Å². The molecule has 1 saturated heterocycles. The second-order valence-electron chi connectivity index (χ2n) is 4.67. The summed E-state index contributed by atoms with van der Waals surface area (Å²) in [6, 6.07) is -0.0375. The summed E-state index contributed by atoms with van der Waals surface area (Å²) in [7, 11) is -3.29. The van der Waals surface area contributed by atoms with Crippen LogP contribution in [0.5, 0.6) is 0 Å². The molecule has 0 amide bonds. The molecule has 0 aromatic heterocycles. The highest BCUT2D eigenvalue weighted by Gasteiger charge is 2.28.